The lowest BCUT2D eigenvalue weighted by atomic mass is 9.96. The monoisotopic (exact) mass is 248 g/mol. The number of aryl methyl sites for hydroxylation is 1. The highest BCUT2D eigenvalue weighted by molar-refractivity contribution is 5.43. The van der Waals surface area contributed by atoms with Gasteiger partial charge in [-0.25, -0.2) is 0 Å². The summed E-state index contributed by atoms with van der Waals surface area (Å²) in [7, 11) is 0. The van der Waals surface area contributed by atoms with Crippen LogP contribution in [0.2, 0.25) is 0 Å². The fourth-order valence-corrected chi connectivity index (χ4v) is 2.95. The van der Waals surface area contributed by atoms with Crippen LogP contribution in [-0.2, 0) is 6.42 Å². The van der Waals surface area contributed by atoms with E-state index in [1.165, 1.54) is 18.4 Å². The first kappa shape index (κ1) is 11.8. The van der Waals surface area contributed by atoms with E-state index in [1.807, 2.05) is 6.07 Å². The Labute approximate surface area is 108 Å². The number of hydrogen-bond acceptors (Lipinski definition) is 3. The fourth-order valence-electron chi connectivity index (χ4n) is 2.95. The maximum Gasteiger partial charge on any atom is 0.161 e. The van der Waals surface area contributed by atoms with Gasteiger partial charge in [0.15, 0.2) is 11.5 Å². The largest absolute Gasteiger partial charge is 0.486 e. The maximum absolute atomic E-state index is 9.81. The molecule has 1 heterocycles. The SMILES string of the molecule is OC1CCCC1CCc1ccc2c(c1)OCCO2. The van der Waals surface area contributed by atoms with Crippen molar-refractivity contribution in [2.75, 3.05) is 13.2 Å². The molecule has 2 unspecified atom stereocenters. The molecule has 1 fully saturated rings. The average Bonchev–Trinajstić information content (AvgIpc) is 2.82. The van der Waals surface area contributed by atoms with Crippen LogP contribution in [0.1, 0.15) is 31.2 Å². The van der Waals surface area contributed by atoms with E-state index in [2.05, 4.69) is 12.1 Å². The summed E-state index contributed by atoms with van der Waals surface area (Å²) in [5, 5.41) is 9.81. The average molecular weight is 248 g/mol. The van der Waals surface area contributed by atoms with Crippen molar-refractivity contribution in [1.82, 2.24) is 0 Å². The number of rotatable bonds is 3. The van der Waals surface area contributed by atoms with Crippen molar-refractivity contribution in [3.05, 3.63) is 23.8 Å². The molecule has 1 saturated carbocycles. The second-order valence-electron chi connectivity index (χ2n) is 5.28. The lowest BCUT2D eigenvalue weighted by Gasteiger charge is -2.19. The Hall–Kier alpha value is -1.22. The lowest BCUT2D eigenvalue weighted by Crippen LogP contribution is -2.16. The molecule has 98 valence electrons. The lowest BCUT2D eigenvalue weighted by molar-refractivity contribution is 0.128. The van der Waals surface area contributed by atoms with E-state index in [1.54, 1.807) is 0 Å². The van der Waals surface area contributed by atoms with Gasteiger partial charge in [-0.15, -0.1) is 0 Å². The maximum atomic E-state index is 9.81. The number of benzene rings is 1. The first-order valence-electron chi connectivity index (χ1n) is 6.89. The minimum atomic E-state index is -0.0813. The standard InChI is InChI=1S/C15H20O3/c16-13-3-1-2-12(13)6-4-11-5-7-14-15(10-11)18-9-8-17-14/h5,7,10,12-13,16H,1-4,6,8-9H2. The highest BCUT2D eigenvalue weighted by Gasteiger charge is 2.24. The zero-order valence-electron chi connectivity index (χ0n) is 10.6. The molecule has 1 aliphatic heterocycles. The molecule has 0 amide bonds. The van der Waals surface area contributed by atoms with Crippen LogP contribution in [0.25, 0.3) is 0 Å². The van der Waals surface area contributed by atoms with E-state index in [-0.39, 0.29) is 6.10 Å². The quantitative estimate of drug-likeness (QED) is 0.893. The number of hydrogen-bond donors (Lipinski definition) is 1. The van der Waals surface area contributed by atoms with E-state index in [0.29, 0.717) is 19.1 Å². The number of fused-ring (bicyclic) bond motifs is 1. The summed E-state index contributed by atoms with van der Waals surface area (Å²) >= 11 is 0. The molecular formula is C15H20O3. The van der Waals surface area contributed by atoms with Gasteiger partial charge in [0, 0.05) is 0 Å². The Bertz CT molecular complexity index is 416. The van der Waals surface area contributed by atoms with Crippen LogP contribution >= 0.6 is 0 Å². The molecule has 1 aromatic carbocycles. The van der Waals surface area contributed by atoms with Crippen LogP contribution in [0.15, 0.2) is 18.2 Å². The Morgan fingerprint density at radius 1 is 1.11 bits per heavy atom. The van der Waals surface area contributed by atoms with E-state index in [9.17, 15) is 5.11 Å². The van der Waals surface area contributed by atoms with Gasteiger partial charge in [-0.1, -0.05) is 12.5 Å². The van der Waals surface area contributed by atoms with Crippen LogP contribution in [0.5, 0.6) is 11.5 Å². The van der Waals surface area contributed by atoms with E-state index in [0.717, 1.165) is 30.8 Å². The molecule has 0 spiro atoms. The third-order valence-corrected chi connectivity index (χ3v) is 4.03. The smallest absolute Gasteiger partial charge is 0.161 e. The van der Waals surface area contributed by atoms with Gasteiger partial charge in [0.25, 0.3) is 0 Å². The summed E-state index contributed by atoms with van der Waals surface area (Å²) in [5.74, 6) is 2.20. The van der Waals surface area contributed by atoms with Crippen LogP contribution in [0, 0.1) is 5.92 Å². The molecular weight excluding hydrogens is 228 g/mol. The second kappa shape index (κ2) is 5.19. The minimum absolute atomic E-state index is 0.0813. The first-order chi connectivity index (χ1) is 8.83. The van der Waals surface area contributed by atoms with Crippen molar-refractivity contribution in [3.63, 3.8) is 0 Å². The van der Waals surface area contributed by atoms with E-state index < -0.39 is 0 Å². The van der Waals surface area contributed by atoms with Crippen LogP contribution < -0.4 is 9.47 Å². The van der Waals surface area contributed by atoms with Gasteiger partial charge in [0.2, 0.25) is 0 Å². The molecule has 2 aliphatic rings. The number of ether oxygens (including phenoxy) is 2. The van der Waals surface area contributed by atoms with Gasteiger partial charge < -0.3 is 14.6 Å². The molecule has 0 saturated heterocycles. The van der Waals surface area contributed by atoms with Crippen LogP contribution in [0.4, 0.5) is 0 Å². The van der Waals surface area contributed by atoms with Crippen molar-refractivity contribution < 1.29 is 14.6 Å². The van der Waals surface area contributed by atoms with Crippen molar-refractivity contribution >= 4 is 0 Å². The zero-order chi connectivity index (χ0) is 12.4. The Kier molecular flexibility index (Phi) is 3.41. The van der Waals surface area contributed by atoms with Crippen molar-refractivity contribution in [1.29, 1.82) is 0 Å². The summed E-state index contributed by atoms with van der Waals surface area (Å²) in [4.78, 5) is 0. The van der Waals surface area contributed by atoms with Gasteiger partial charge >= 0.3 is 0 Å². The summed E-state index contributed by atoms with van der Waals surface area (Å²) in [6.07, 6.45) is 5.33. The molecule has 0 radical (unpaired) electrons. The molecule has 3 nitrogen and oxygen atoms in total. The highest BCUT2D eigenvalue weighted by atomic mass is 16.6. The number of aliphatic hydroxyl groups is 1. The van der Waals surface area contributed by atoms with Gasteiger partial charge in [-0.3, -0.25) is 0 Å². The molecule has 0 bridgehead atoms. The van der Waals surface area contributed by atoms with Crippen molar-refractivity contribution in [2.45, 2.75) is 38.2 Å². The van der Waals surface area contributed by atoms with Gasteiger partial charge in [-0.05, 0) is 49.3 Å². The molecule has 1 N–H and O–H groups in total. The normalized spacial score (nSPS) is 26.3. The predicted molar refractivity (Wildman–Crippen MR) is 69.1 cm³/mol. The Morgan fingerprint density at radius 3 is 2.72 bits per heavy atom. The summed E-state index contributed by atoms with van der Waals surface area (Å²) in [6.45, 7) is 1.28. The molecule has 2 atom stereocenters. The van der Waals surface area contributed by atoms with Crippen LogP contribution in [0.3, 0.4) is 0 Å². The molecule has 0 aromatic heterocycles. The third-order valence-electron chi connectivity index (χ3n) is 4.03. The molecule has 1 aliphatic carbocycles. The van der Waals surface area contributed by atoms with E-state index in [4.69, 9.17) is 9.47 Å². The van der Waals surface area contributed by atoms with Crippen molar-refractivity contribution in [2.24, 2.45) is 5.92 Å². The van der Waals surface area contributed by atoms with Crippen LogP contribution in [-0.4, -0.2) is 24.4 Å². The Balaban J connectivity index is 1.62. The second-order valence-corrected chi connectivity index (χ2v) is 5.28. The predicted octanol–water partition coefficient (Wildman–Crippen LogP) is 2.55. The molecule has 3 heteroatoms. The summed E-state index contributed by atoms with van der Waals surface area (Å²) < 4.78 is 11.1. The Morgan fingerprint density at radius 2 is 1.94 bits per heavy atom. The zero-order valence-corrected chi connectivity index (χ0v) is 10.6. The topological polar surface area (TPSA) is 38.7 Å². The van der Waals surface area contributed by atoms with Crippen molar-refractivity contribution in [3.8, 4) is 11.5 Å². The fraction of sp³-hybridized carbons (Fsp3) is 0.600. The summed E-state index contributed by atoms with van der Waals surface area (Å²) in [6, 6.07) is 6.18. The molecule has 18 heavy (non-hydrogen) atoms. The number of aliphatic hydroxyl groups excluding tert-OH is 1. The highest BCUT2D eigenvalue weighted by Crippen LogP contribution is 2.33. The van der Waals surface area contributed by atoms with Gasteiger partial charge in [0.05, 0.1) is 6.10 Å². The minimum Gasteiger partial charge on any atom is -0.486 e. The van der Waals surface area contributed by atoms with E-state index >= 15 is 0 Å². The molecule has 1 aromatic rings. The summed E-state index contributed by atoms with van der Waals surface area (Å²) in [5.41, 5.74) is 1.28. The molecule has 3 rings (SSSR count). The third kappa shape index (κ3) is 2.46. The van der Waals surface area contributed by atoms with Gasteiger partial charge in [-0.2, -0.15) is 0 Å². The van der Waals surface area contributed by atoms with Gasteiger partial charge in [0.1, 0.15) is 13.2 Å². The first-order valence-corrected chi connectivity index (χ1v) is 6.89.